The number of aryl methyl sites for hydroxylation is 2. The van der Waals surface area contributed by atoms with Crippen molar-refractivity contribution in [3.63, 3.8) is 0 Å². The van der Waals surface area contributed by atoms with Gasteiger partial charge in [0.1, 0.15) is 17.6 Å². The minimum atomic E-state index is -3.12. The van der Waals surface area contributed by atoms with E-state index in [4.69, 9.17) is 4.74 Å². The summed E-state index contributed by atoms with van der Waals surface area (Å²) in [5, 5.41) is 14.2. The van der Waals surface area contributed by atoms with Crippen LogP contribution >= 0.6 is 0 Å². The zero-order chi connectivity index (χ0) is 29.9. The molecule has 2 aliphatic rings. The Balaban J connectivity index is 1.54. The number of aromatic nitrogens is 3. The summed E-state index contributed by atoms with van der Waals surface area (Å²) in [7, 11) is 1.78. The van der Waals surface area contributed by atoms with E-state index in [0.717, 1.165) is 22.4 Å². The Morgan fingerprint density at radius 3 is 2.54 bits per heavy atom. The first-order chi connectivity index (χ1) is 19.2. The molecule has 6 nitrogen and oxygen atoms in total. The van der Waals surface area contributed by atoms with Crippen molar-refractivity contribution in [1.29, 1.82) is 5.26 Å². The van der Waals surface area contributed by atoms with Crippen molar-refractivity contribution in [3.05, 3.63) is 76.9 Å². The van der Waals surface area contributed by atoms with Crippen molar-refractivity contribution in [2.75, 3.05) is 0 Å². The molecule has 1 saturated heterocycles. The molecule has 1 aliphatic heterocycles. The number of nitriles is 1. The SMILES string of the molecule is Cc1cccc(-c2ccc(/C=C/[C@@H]3[C@@H]4[C@@H](C)OC(=O)[C@]4(c4cc(C(C)(C)C)n(C)n4)CC(F)(F)[C@H]3C)nc2)c1C#N. The molecule has 2 fully saturated rings. The van der Waals surface area contributed by atoms with Gasteiger partial charge in [0, 0.05) is 53.7 Å². The fraction of sp³-hybridized carbons (Fsp3) is 0.455. The fourth-order valence-corrected chi connectivity index (χ4v) is 6.81. The number of halogens is 2. The molecule has 0 spiro atoms. The number of carbonyl (C=O) groups is 1. The Morgan fingerprint density at radius 1 is 1.20 bits per heavy atom. The number of esters is 1. The first-order valence-corrected chi connectivity index (χ1v) is 14.0. The highest BCUT2D eigenvalue weighted by Gasteiger charge is 2.69. The second-order valence-electron chi connectivity index (χ2n) is 12.6. The van der Waals surface area contributed by atoms with Crippen LogP contribution in [0.15, 0.2) is 48.7 Å². The molecule has 1 aliphatic carbocycles. The summed E-state index contributed by atoms with van der Waals surface area (Å²) >= 11 is 0. The quantitative estimate of drug-likeness (QED) is 0.331. The number of ether oxygens (including phenoxy) is 1. The summed E-state index contributed by atoms with van der Waals surface area (Å²) in [6.07, 6.45) is 4.00. The van der Waals surface area contributed by atoms with Crippen LogP contribution in [0, 0.1) is 36.0 Å². The lowest BCUT2D eigenvalue weighted by Crippen LogP contribution is -2.56. The predicted molar refractivity (Wildman–Crippen MR) is 153 cm³/mol. The number of fused-ring (bicyclic) bond motifs is 1. The number of allylic oxidation sites excluding steroid dienone is 1. The second-order valence-corrected chi connectivity index (χ2v) is 12.6. The number of alkyl halides is 2. The normalized spacial score (nSPS) is 27.5. The van der Waals surface area contributed by atoms with Crippen LogP contribution in [0.4, 0.5) is 8.78 Å². The van der Waals surface area contributed by atoms with E-state index >= 15 is 8.78 Å². The standard InChI is InChI=1S/C33H36F2N4O2/c1-19-9-8-10-25(26(19)16-36)22-11-12-23(37-17-22)13-14-24-20(2)33(34,35)18-32(29(24)21(3)41-30(32)40)27-15-28(31(4,5)6)39(7)38-27/h8-15,17,20-21,24,29H,18H2,1-7H3/b14-13+/t20-,21+,24-,29-,32-/m0/s1. The molecule has 0 unspecified atom stereocenters. The van der Waals surface area contributed by atoms with Crippen LogP contribution < -0.4 is 0 Å². The number of hydrogen-bond acceptors (Lipinski definition) is 5. The van der Waals surface area contributed by atoms with E-state index in [1.165, 1.54) is 0 Å². The van der Waals surface area contributed by atoms with Crippen molar-refractivity contribution in [2.45, 2.75) is 70.8 Å². The maximum atomic E-state index is 15.8. The number of rotatable bonds is 4. The molecule has 214 valence electrons. The molecule has 8 heteroatoms. The molecule has 0 bridgehead atoms. The number of benzene rings is 1. The number of nitrogens with zero attached hydrogens (tertiary/aromatic N) is 4. The molecule has 0 N–H and O–H groups in total. The highest BCUT2D eigenvalue weighted by molar-refractivity contribution is 5.86. The molecular formula is C33H36F2N4O2. The van der Waals surface area contributed by atoms with Crippen LogP contribution in [0.3, 0.4) is 0 Å². The van der Waals surface area contributed by atoms with Crippen molar-refractivity contribution in [3.8, 4) is 17.2 Å². The molecule has 5 atom stereocenters. The smallest absolute Gasteiger partial charge is 0.319 e. The van der Waals surface area contributed by atoms with E-state index in [-0.39, 0.29) is 5.41 Å². The molecule has 0 amide bonds. The average Bonchev–Trinajstić information content (AvgIpc) is 3.42. The van der Waals surface area contributed by atoms with E-state index in [0.29, 0.717) is 17.0 Å². The fourth-order valence-electron chi connectivity index (χ4n) is 6.81. The Hall–Kier alpha value is -3.86. The van der Waals surface area contributed by atoms with Gasteiger partial charge in [-0.15, -0.1) is 0 Å². The Morgan fingerprint density at radius 2 is 1.93 bits per heavy atom. The molecule has 0 radical (unpaired) electrons. The third kappa shape index (κ3) is 4.65. The molecule has 41 heavy (non-hydrogen) atoms. The van der Waals surface area contributed by atoms with E-state index in [1.54, 1.807) is 50.0 Å². The van der Waals surface area contributed by atoms with Crippen LogP contribution in [0.5, 0.6) is 0 Å². The number of cyclic esters (lactones) is 1. The van der Waals surface area contributed by atoms with Crippen molar-refractivity contribution >= 4 is 12.0 Å². The lowest BCUT2D eigenvalue weighted by atomic mass is 9.55. The molecule has 1 aromatic carbocycles. The predicted octanol–water partition coefficient (Wildman–Crippen LogP) is 6.76. The van der Waals surface area contributed by atoms with Crippen LogP contribution in [0.1, 0.15) is 69.2 Å². The van der Waals surface area contributed by atoms with E-state index in [9.17, 15) is 10.1 Å². The Bertz CT molecular complexity index is 1560. The topological polar surface area (TPSA) is 80.8 Å². The van der Waals surface area contributed by atoms with E-state index < -0.39 is 47.6 Å². The van der Waals surface area contributed by atoms with Gasteiger partial charge >= 0.3 is 5.97 Å². The zero-order valence-electron chi connectivity index (χ0n) is 24.6. The Labute approximate surface area is 240 Å². The summed E-state index contributed by atoms with van der Waals surface area (Å²) in [5.74, 6) is -5.96. The van der Waals surface area contributed by atoms with Gasteiger partial charge in [-0.2, -0.15) is 10.4 Å². The summed E-state index contributed by atoms with van der Waals surface area (Å²) in [4.78, 5) is 18.1. The number of hydrogen-bond donors (Lipinski definition) is 0. The van der Waals surface area contributed by atoms with E-state index in [1.807, 2.05) is 58.0 Å². The van der Waals surface area contributed by atoms with Gasteiger partial charge in [-0.05, 0) is 43.5 Å². The van der Waals surface area contributed by atoms with Gasteiger partial charge in [0.2, 0.25) is 0 Å². The minimum absolute atomic E-state index is 0.283. The van der Waals surface area contributed by atoms with Crippen molar-refractivity contribution < 1.29 is 18.3 Å². The van der Waals surface area contributed by atoms with E-state index in [2.05, 4.69) is 16.2 Å². The lowest BCUT2D eigenvalue weighted by Gasteiger charge is -2.47. The summed E-state index contributed by atoms with van der Waals surface area (Å²) in [5.41, 5.74) is 3.04. The zero-order valence-corrected chi connectivity index (χ0v) is 24.6. The molecule has 3 heterocycles. The third-order valence-electron chi connectivity index (χ3n) is 8.98. The minimum Gasteiger partial charge on any atom is -0.462 e. The van der Waals surface area contributed by atoms with Gasteiger partial charge in [-0.25, -0.2) is 8.78 Å². The molecule has 3 aromatic rings. The monoisotopic (exact) mass is 558 g/mol. The van der Waals surface area contributed by atoms with Gasteiger partial charge in [-0.1, -0.05) is 58.0 Å². The summed E-state index contributed by atoms with van der Waals surface area (Å²) in [6, 6.07) is 13.4. The van der Waals surface area contributed by atoms with Crippen molar-refractivity contribution in [1.82, 2.24) is 14.8 Å². The average molecular weight is 559 g/mol. The lowest BCUT2D eigenvalue weighted by molar-refractivity contribution is -0.157. The van der Waals surface area contributed by atoms with Crippen molar-refractivity contribution in [2.24, 2.45) is 24.8 Å². The molecule has 5 rings (SSSR count). The number of pyridine rings is 1. The molecule has 1 saturated carbocycles. The van der Waals surface area contributed by atoms with Crippen LogP contribution in [-0.2, 0) is 27.4 Å². The maximum absolute atomic E-state index is 15.8. The first-order valence-electron chi connectivity index (χ1n) is 14.0. The highest BCUT2D eigenvalue weighted by Crippen LogP contribution is 2.60. The molecular weight excluding hydrogens is 522 g/mol. The third-order valence-corrected chi connectivity index (χ3v) is 8.98. The first kappa shape index (κ1) is 28.7. The van der Waals surface area contributed by atoms with Gasteiger partial charge in [0.15, 0.2) is 0 Å². The second kappa shape index (κ2) is 9.90. The van der Waals surface area contributed by atoms with Gasteiger partial charge in [-0.3, -0.25) is 14.5 Å². The highest BCUT2D eigenvalue weighted by atomic mass is 19.3. The number of carbonyl (C=O) groups excluding carboxylic acids is 1. The van der Waals surface area contributed by atoms with Gasteiger partial charge in [0.25, 0.3) is 5.92 Å². The van der Waals surface area contributed by atoms with Crippen LogP contribution in [-0.4, -0.2) is 32.8 Å². The summed E-state index contributed by atoms with van der Waals surface area (Å²) < 4.78 is 39.0. The largest absolute Gasteiger partial charge is 0.462 e. The van der Waals surface area contributed by atoms with Crippen LogP contribution in [0.2, 0.25) is 0 Å². The van der Waals surface area contributed by atoms with Gasteiger partial charge in [0.05, 0.1) is 17.0 Å². The Kier molecular flexibility index (Phi) is 6.92. The maximum Gasteiger partial charge on any atom is 0.319 e. The van der Waals surface area contributed by atoms with Gasteiger partial charge < -0.3 is 4.74 Å². The molecule has 2 aromatic heterocycles. The van der Waals surface area contributed by atoms with Crippen LogP contribution in [0.25, 0.3) is 17.2 Å². The summed E-state index contributed by atoms with van der Waals surface area (Å²) in [6.45, 7) is 11.3.